The van der Waals surface area contributed by atoms with Gasteiger partial charge in [-0.05, 0) is 6.07 Å². The van der Waals surface area contributed by atoms with Crippen molar-refractivity contribution in [2.45, 2.75) is 4.90 Å². The van der Waals surface area contributed by atoms with Crippen LogP contribution < -0.4 is 10.3 Å². The number of carbonyl (C=O) groups is 1. The third kappa shape index (κ3) is 3.55. The van der Waals surface area contributed by atoms with Gasteiger partial charge in [-0.2, -0.15) is 4.72 Å². The lowest BCUT2D eigenvalue weighted by atomic mass is 10.5. The van der Waals surface area contributed by atoms with Crippen molar-refractivity contribution >= 4 is 27.6 Å². The molecule has 0 aliphatic heterocycles. The molecule has 0 aliphatic carbocycles. The van der Waals surface area contributed by atoms with Gasteiger partial charge in [-0.15, -0.1) is 0 Å². The summed E-state index contributed by atoms with van der Waals surface area (Å²) in [7, 11) is -2.78. The molecule has 1 rings (SSSR count). The minimum atomic E-state index is -3.91. The molecule has 94 valence electrons. The van der Waals surface area contributed by atoms with Crippen molar-refractivity contribution in [3.05, 3.63) is 27.6 Å². The van der Waals surface area contributed by atoms with E-state index in [0.717, 1.165) is 19.4 Å². The van der Waals surface area contributed by atoms with E-state index < -0.39 is 28.1 Å². The molecule has 1 heterocycles. The summed E-state index contributed by atoms with van der Waals surface area (Å²) in [5, 5.41) is -0.258. The first kappa shape index (κ1) is 13.7. The second kappa shape index (κ2) is 5.30. The molecule has 0 unspecified atom stereocenters. The zero-order valence-corrected chi connectivity index (χ0v) is 10.3. The third-order valence-electron chi connectivity index (χ3n) is 1.78. The molecule has 0 aromatic carbocycles. The van der Waals surface area contributed by atoms with Gasteiger partial charge in [0.2, 0.25) is 10.0 Å². The summed E-state index contributed by atoms with van der Waals surface area (Å²) >= 11 is 5.48. The summed E-state index contributed by atoms with van der Waals surface area (Å²) in [6.07, 6.45) is 0.980. The molecule has 0 atom stereocenters. The highest BCUT2D eigenvalue weighted by atomic mass is 35.5. The first-order valence-electron chi connectivity index (χ1n) is 4.31. The summed E-state index contributed by atoms with van der Waals surface area (Å²) in [6.45, 7) is -0.504. The molecule has 0 saturated carbocycles. The highest BCUT2D eigenvalue weighted by Crippen LogP contribution is 2.09. The molecule has 0 radical (unpaired) electrons. The van der Waals surface area contributed by atoms with Crippen LogP contribution in [0.4, 0.5) is 0 Å². The van der Waals surface area contributed by atoms with Crippen LogP contribution in [0.2, 0.25) is 5.02 Å². The minimum Gasteiger partial charge on any atom is -0.468 e. The molecule has 1 aromatic rings. The van der Waals surface area contributed by atoms with E-state index in [1.807, 2.05) is 4.72 Å². The fraction of sp³-hybridized carbons (Fsp3) is 0.250. The number of aromatic amines is 1. The zero-order chi connectivity index (χ0) is 13.1. The Balaban J connectivity index is 2.94. The van der Waals surface area contributed by atoms with Gasteiger partial charge in [0.25, 0.3) is 5.56 Å². The lowest BCUT2D eigenvalue weighted by molar-refractivity contribution is -0.139. The number of halogens is 1. The number of nitrogens with one attached hydrogen (secondary N) is 2. The van der Waals surface area contributed by atoms with E-state index in [4.69, 9.17) is 11.6 Å². The van der Waals surface area contributed by atoms with Crippen molar-refractivity contribution in [3.63, 3.8) is 0 Å². The number of ether oxygens (including phenoxy) is 1. The van der Waals surface area contributed by atoms with Crippen molar-refractivity contribution in [1.29, 1.82) is 0 Å². The van der Waals surface area contributed by atoms with E-state index in [1.54, 1.807) is 0 Å². The van der Waals surface area contributed by atoms with Crippen LogP contribution in [0.3, 0.4) is 0 Å². The number of carbonyl (C=O) groups excluding carboxylic acids is 1. The molecule has 7 nitrogen and oxygen atoms in total. The number of aromatic nitrogens is 1. The third-order valence-corrected chi connectivity index (χ3v) is 3.44. The van der Waals surface area contributed by atoms with Crippen molar-refractivity contribution in [3.8, 4) is 0 Å². The summed E-state index contributed by atoms with van der Waals surface area (Å²) in [5.74, 6) is -0.732. The van der Waals surface area contributed by atoms with E-state index in [-0.39, 0.29) is 9.92 Å². The average Bonchev–Trinajstić information content (AvgIpc) is 2.29. The Morgan fingerprint density at radius 2 is 2.24 bits per heavy atom. The second-order valence-corrected chi connectivity index (χ2v) is 5.09. The van der Waals surface area contributed by atoms with E-state index in [2.05, 4.69) is 9.72 Å². The Bertz CT molecular complexity index is 580. The smallest absolute Gasteiger partial charge is 0.320 e. The summed E-state index contributed by atoms with van der Waals surface area (Å²) in [6, 6.07) is 0.986. The topological polar surface area (TPSA) is 105 Å². The van der Waals surface area contributed by atoms with Crippen LogP contribution in [0.5, 0.6) is 0 Å². The number of esters is 1. The number of hydrogen-bond donors (Lipinski definition) is 2. The number of methoxy groups -OCH3 is 1. The van der Waals surface area contributed by atoms with E-state index >= 15 is 0 Å². The van der Waals surface area contributed by atoms with Gasteiger partial charge < -0.3 is 9.72 Å². The Labute approximate surface area is 102 Å². The van der Waals surface area contributed by atoms with Crippen LogP contribution in [0, 0.1) is 0 Å². The van der Waals surface area contributed by atoms with Crippen LogP contribution in [0.25, 0.3) is 0 Å². The fourth-order valence-electron chi connectivity index (χ4n) is 0.902. The summed E-state index contributed by atoms with van der Waals surface area (Å²) in [4.78, 5) is 23.6. The number of sulfonamides is 1. The first-order chi connectivity index (χ1) is 7.86. The summed E-state index contributed by atoms with van der Waals surface area (Å²) in [5.41, 5.74) is -0.599. The van der Waals surface area contributed by atoms with Crippen LogP contribution in [0.1, 0.15) is 0 Å². The van der Waals surface area contributed by atoms with Gasteiger partial charge in [-0.25, -0.2) is 8.42 Å². The van der Waals surface area contributed by atoms with Gasteiger partial charge in [0.1, 0.15) is 11.6 Å². The van der Waals surface area contributed by atoms with Gasteiger partial charge in [0.05, 0.1) is 12.0 Å². The van der Waals surface area contributed by atoms with Crippen LogP contribution in [-0.2, 0) is 19.6 Å². The molecule has 2 N–H and O–H groups in total. The van der Waals surface area contributed by atoms with E-state index in [1.165, 1.54) is 0 Å². The molecular formula is C8H9ClN2O5S. The molecule has 1 aromatic heterocycles. The molecule has 17 heavy (non-hydrogen) atoms. The van der Waals surface area contributed by atoms with E-state index in [0.29, 0.717) is 0 Å². The molecule has 0 bridgehead atoms. The minimum absolute atomic E-state index is 0.244. The van der Waals surface area contributed by atoms with Gasteiger partial charge in [-0.3, -0.25) is 9.59 Å². The lowest BCUT2D eigenvalue weighted by Crippen LogP contribution is -2.30. The highest BCUT2D eigenvalue weighted by Gasteiger charge is 2.16. The predicted octanol–water partition coefficient (Wildman–Crippen LogP) is -0.520. The molecule has 0 spiro atoms. The van der Waals surface area contributed by atoms with Gasteiger partial charge in [0.15, 0.2) is 0 Å². The van der Waals surface area contributed by atoms with Gasteiger partial charge in [0, 0.05) is 6.20 Å². The molecule has 9 heteroatoms. The van der Waals surface area contributed by atoms with Crippen LogP contribution >= 0.6 is 11.6 Å². The molecule has 0 fully saturated rings. The normalized spacial score (nSPS) is 11.2. The Morgan fingerprint density at radius 3 is 2.76 bits per heavy atom. The van der Waals surface area contributed by atoms with Crippen LogP contribution in [0.15, 0.2) is 22.0 Å². The quantitative estimate of drug-likeness (QED) is 0.722. The van der Waals surface area contributed by atoms with Crippen molar-refractivity contribution in [2.24, 2.45) is 0 Å². The molecule has 0 aliphatic rings. The van der Waals surface area contributed by atoms with Crippen molar-refractivity contribution in [1.82, 2.24) is 9.71 Å². The fourth-order valence-corrected chi connectivity index (χ4v) is 2.10. The number of H-pyrrole nitrogens is 1. The largest absolute Gasteiger partial charge is 0.468 e. The maximum absolute atomic E-state index is 11.6. The number of rotatable bonds is 4. The summed E-state index contributed by atoms with van der Waals surface area (Å²) < 4.78 is 29.5. The molecular weight excluding hydrogens is 272 g/mol. The Morgan fingerprint density at radius 1 is 1.59 bits per heavy atom. The standard InChI is InChI=1S/C8H9ClN2O5S/c1-16-7(12)4-11-17(14,15)5-2-6(9)8(13)10-3-5/h2-3,11H,4H2,1H3,(H,10,13). The Hall–Kier alpha value is -1.38. The lowest BCUT2D eigenvalue weighted by Gasteiger charge is -2.05. The maximum Gasteiger partial charge on any atom is 0.320 e. The monoisotopic (exact) mass is 280 g/mol. The number of hydrogen-bond acceptors (Lipinski definition) is 5. The second-order valence-electron chi connectivity index (χ2n) is 2.91. The maximum atomic E-state index is 11.6. The van der Waals surface area contributed by atoms with Gasteiger partial charge >= 0.3 is 5.97 Å². The Kier molecular flexibility index (Phi) is 4.27. The van der Waals surface area contributed by atoms with E-state index in [9.17, 15) is 18.0 Å². The average molecular weight is 281 g/mol. The van der Waals surface area contributed by atoms with Crippen molar-refractivity contribution in [2.75, 3.05) is 13.7 Å². The number of pyridine rings is 1. The zero-order valence-electron chi connectivity index (χ0n) is 8.69. The SMILES string of the molecule is COC(=O)CNS(=O)(=O)c1c[nH]c(=O)c(Cl)c1. The highest BCUT2D eigenvalue weighted by molar-refractivity contribution is 7.89. The van der Waals surface area contributed by atoms with Crippen LogP contribution in [-0.4, -0.2) is 33.0 Å². The van der Waals surface area contributed by atoms with Gasteiger partial charge in [-0.1, -0.05) is 11.6 Å². The predicted molar refractivity (Wildman–Crippen MR) is 59.3 cm³/mol. The first-order valence-corrected chi connectivity index (χ1v) is 6.17. The molecule has 0 saturated heterocycles. The van der Waals surface area contributed by atoms with Crippen molar-refractivity contribution < 1.29 is 17.9 Å². The molecule has 0 amide bonds.